The van der Waals surface area contributed by atoms with Crippen molar-refractivity contribution in [2.75, 3.05) is 13.1 Å². The van der Waals surface area contributed by atoms with E-state index in [2.05, 4.69) is 11.4 Å². The summed E-state index contributed by atoms with van der Waals surface area (Å²) < 4.78 is 0. The van der Waals surface area contributed by atoms with E-state index < -0.39 is 0 Å². The maximum Gasteiger partial charge on any atom is 0.248 e. The Balaban J connectivity index is 0.00000128. The molecule has 0 radical (unpaired) electrons. The number of benzene rings is 1. The Hall–Kier alpha value is -1.06. The highest BCUT2D eigenvalue weighted by Crippen LogP contribution is 2.15. The van der Waals surface area contributed by atoms with E-state index in [0.29, 0.717) is 11.5 Å². The lowest BCUT2D eigenvalue weighted by molar-refractivity contribution is 0.1000. The van der Waals surface area contributed by atoms with Gasteiger partial charge in [0.15, 0.2) is 0 Å². The van der Waals surface area contributed by atoms with Gasteiger partial charge in [-0.2, -0.15) is 0 Å². The van der Waals surface area contributed by atoms with Crippen LogP contribution in [-0.2, 0) is 6.42 Å². The lowest BCUT2D eigenvalue weighted by Gasteiger charge is -2.08. The van der Waals surface area contributed by atoms with Crippen molar-refractivity contribution >= 4 is 18.3 Å². The zero-order chi connectivity index (χ0) is 10.7. The summed E-state index contributed by atoms with van der Waals surface area (Å²) in [4.78, 5) is 11.0. The number of nitrogens with one attached hydrogen (secondary N) is 1. The molecule has 1 aliphatic heterocycles. The van der Waals surface area contributed by atoms with Crippen LogP contribution in [-0.4, -0.2) is 19.0 Å². The molecule has 1 unspecified atom stereocenters. The quantitative estimate of drug-likeness (QED) is 0.838. The van der Waals surface area contributed by atoms with Crippen LogP contribution < -0.4 is 11.1 Å². The smallest absolute Gasteiger partial charge is 0.248 e. The Morgan fingerprint density at radius 2 is 2.31 bits per heavy atom. The SMILES string of the molecule is Cl.NC(=O)c1cccc(CC2CCNC2)c1. The van der Waals surface area contributed by atoms with Crippen LogP contribution in [0.1, 0.15) is 22.3 Å². The van der Waals surface area contributed by atoms with Crippen LogP contribution in [0.25, 0.3) is 0 Å². The van der Waals surface area contributed by atoms with Gasteiger partial charge in [0.25, 0.3) is 0 Å². The number of nitrogens with two attached hydrogens (primary N) is 1. The van der Waals surface area contributed by atoms with Crippen LogP contribution >= 0.6 is 12.4 Å². The minimum Gasteiger partial charge on any atom is -0.366 e. The summed E-state index contributed by atoms with van der Waals surface area (Å²) >= 11 is 0. The summed E-state index contributed by atoms with van der Waals surface area (Å²) in [6.45, 7) is 2.20. The second-order valence-electron chi connectivity index (χ2n) is 4.13. The summed E-state index contributed by atoms with van der Waals surface area (Å²) in [5.74, 6) is 0.356. The highest BCUT2D eigenvalue weighted by Gasteiger charge is 2.15. The maximum absolute atomic E-state index is 11.0. The first-order valence-corrected chi connectivity index (χ1v) is 5.35. The summed E-state index contributed by atoms with van der Waals surface area (Å²) in [7, 11) is 0. The second-order valence-corrected chi connectivity index (χ2v) is 4.13. The van der Waals surface area contributed by atoms with Gasteiger partial charge < -0.3 is 11.1 Å². The zero-order valence-electron chi connectivity index (χ0n) is 9.11. The van der Waals surface area contributed by atoms with Crippen molar-refractivity contribution in [3.63, 3.8) is 0 Å². The molecular weight excluding hydrogens is 224 g/mol. The zero-order valence-corrected chi connectivity index (χ0v) is 9.93. The summed E-state index contributed by atoms with van der Waals surface area (Å²) in [6.07, 6.45) is 2.26. The standard InChI is InChI=1S/C12H16N2O.ClH/c13-12(15)11-3-1-2-9(7-11)6-10-4-5-14-8-10;/h1-3,7,10,14H,4-6,8H2,(H2,13,15);1H. The third-order valence-electron chi connectivity index (χ3n) is 2.90. The van der Waals surface area contributed by atoms with Gasteiger partial charge in [-0.25, -0.2) is 0 Å². The Morgan fingerprint density at radius 3 is 2.94 bits per heavy atom. The van der Waals surface area contributed by atoms with Crippen LogP contribution in [0.3, 0.4) is 0 Å². The molecule has 88 valence electrons. The number of hydrogen-bond donors (Lipinski definition) is 2. The molecule has 1 atom stereocenters. The highest BCUT2D eigenvalue weighted by molar-refractivity contribution is 5.92. The molecule has 3 nitrogen and oxygen atoms in total. The van der Waals surface area contributed by atoms with Crippen molar-refractivity contribution in [1.82, 2.24) is 5.32 Å². The third kappa shape index (κ3) is 3.22. The van der Waals surface area contributed by atoms with Gasteiger partial charge in [0.1, 0.15) is 0 Å². The first-order valence-electron chi connectivity index (χ1n) is 5.35. The number of amides is 1. The van der Waals surface area contributed by atoms with Crippen molar-refractivity contribution in [2.45, 2.75) is 12.8 Å². The van der Waals surface area contributed by atoms with E-state index in [1.807, 2.05) is 12.1 Å². The van der Waals surface area contributed by atoms with Crippen LogP contribution in [0.4, 0.5) is 0 Å². The fourth-order valence-corrected chi connectivity index (χ4v) is 2.07. The van der Waals surface area contributed by atoms with Gasteiger partial charge in [-0.3, -0.25) is 4.79 Å². The summed E-state index contributed by atoms with van der Waals surface area (Å²) in [5, 5.41) is 3.34. The van der Waals surface area contributed by atoms with Gasteiger partial charge in [0.2, 0.25) is 5.91 Å². The number of hydrogen-bond acceptors (Lipinski definition) is 2. The van der Waals surface area contributed by atoms with E-state index in [1.165, 1.54) is 12.0 Å². The van der Waals surface area contributed by atoms with Gasteiger partial charge in [0.05, 0.1) is 0 Å². The fraction of sp³-hybridized carbons (Fsp3) is 0.417. The van der Waals surface area contributed by atoms with E-state index in [1.54, 1.807) is 6.07 Å². The Labute approximate surface area is 102 Å². The van der Waals surface area contributed by atoms with Crippen molar-refractivity contribution in [3.05, 3.63) is 35.4 Å². The molecule has 0 aromatic heterocycles. The van der Waals surface area contributed by atoms with E-state index >= 15 is 0 Å². The van der Waals surface area contributed by atoms with Gasteiger partial charge in [-0.1, -0.05) is 12.1 Å². The second kappa shape index (κ2) is 5.87. The molecule has 1 aromatic rings. The molecule has 1 fully saturated rings. The minimum absolute atomic E-state index is 0. The van der Waals surface area contributed by atoms with E-state index in [-0.39, 0.29) is 18.3 Å². The average molecular weight is 241 g/mol. The number of rotatable bonds is 3. The molecule has 0 spiro atoms. The molecule has 3 N–H and O–H groups in total. The van der Waals surface area contributed by atoms with Gasteiger partial charge in [-0.15, -0.1) is 12.4 Å². The molecule has 2 rings (SSSR count). The molecule has 1 aromatic carbocycles. The van der Waals surface area contributed by atoms with Crippen molar-refractivity contribution in [1.29, 1.82) is 0 Å². The van der Waals surface area contributed by atoms with Crippen LogP contribution in [0, 0.1) is 5.92 Å². The molecule has 1 amide bonds. The molecule has 16 heavy (non-hydrogen) atoms. The number of carbonyl (C=O) groups is 1. The minimum atomic E-state index is -0.346. The molecule has 1 aliphatic rings. The lowest BCUT2D eigenvalue weighted by atomic mass is 9.97. The Bertz CT molecular complexity index is 362. The predicted octanol–water partition coefficient (Wildman–Crippen LogP) is 1.36. The molecule has 0 aliphatic carbocycles. The van der Waals surface area contributed by atoms with Crippen LogP contribution in [0.2, 0.25) is 0 Å². The van der Waals surface area contributed by atoms with Crippen LogP contribution in [0.5, 0.6) is 0 Å². The summed E-state index contributed by atoms with van der Waals surface area (Å²) in [5.41, 5.74) is 7.06. The van der Waals surface area contributed by atoms with Crippen molar-refractivity contribution in [2.24, 2.45) is 11.7 Å². The van der Waals surface area contributed by atoms with Crippen molar-refractivity contribution < 1.29 is 4.79 Å². The normalized spacial score (nSPS) is 19.1. The molecule has 0 saturated carbocycles. The highest BCUT2D eigenvalue weighted by atomic mass is 35.5. The van der Waals surface area contributed by atoms with E-state index in [0.717, 1.165) is 19.5 Å². The Kier molecular flexibility index (Phi) is 4.77. The summed E-state index contributed by atoms with van der Waals surface area (Å²) in [6, 6.07) is 7.63. The van der Waals surface area contributed by atoms with E-state index in [4.69, 9.17) is 5.73 Å². The van der Waals surface area contributed by atoms with Gasteiger partial charge in [0, 0.05) is 5.56 Å². The molecule has 0 bridgehead atoms. The first-order chi connectivity index (χ1) is 7.25. The molecule has 4 heteroatoms. The van der Waals surface area contributed by atoms with Gasteiger partial charge in [-0.05, 0) is 49.5 Å². The van der Waals surface area contributed by atoms with E-state index in [9.17, 15) is 4.79 Å². The topological polar surface area (TPSA) is 55.1 Å². The fourth-order valence-electron chi connectivity index (χ4n) is 2.07. The maximum atomic E-state index is 11.0. The third-order valence-corrected chi connectivity index (χ3v) is 2.90. The first kappa shape index (κ1) is 13.0. The number of primary amides is 1. The molecule has 1 heterocycles. The monoisotopic (exact) mass is 240 g/mol. The molecule has 1 saturated heterocycles. The van der Waals surface area contributed by atoms with Crippen molar-refractivity contribution in [3.8, 4) is 0 Å². The largest absolute Gasteiger partial charge is 0.366 e. The number of carbonyl (C=O) groups excluding carboxylic acids is 1. The Morgan fingerprint density at radius 1 is 1.50 bits per heavy atom. The molecular formula is C12H17ClN2O. The average Bonchev–Trinajstić information content (AvgIpc) is 2.71. The lowest BCUT2D eigenvalue weighted by Crippen LogP contribution is -2.13. The predicted molar refractivity (Wildman–Crippen MR) is 66.9 cm³/mol. The van der Waals surface area contributed by atoms with Crippen LogP contribution in [0.15, 0.2) is 24.3 Å². The number of halogens is 1. The van der Waals surface area contributed by atoms with Gasteiger partial charge >= 0.3 is 0 Å².